The van der Waals surface area contributed by atoms with Crippen LogP contribution < -0.4 is 15.4 Å². The summed E-state index contributed by atoms with van der Waals surface area (Å²) >= 11 is 0. The maximum absolute atomic E-state index is 12.5. The van der Waals surface area contributed by atoms with Crippen molar-refractivity contribution in [2.24, 2.45) is 0 Å². The van der Waals surface area contributed by atoms with Gasteiger partial charge in [-0.1, -0.05) is 48.5 Å². The second-order valence-electron chi connectivity index (χ2n) is 5.62. The highest BCUT2D eigenvalue weighted by atomic mass is 16.5. The monoisotopic (exact) mass is 370 g/mol. The first kappa shape index (κ1) is 20.0. The van der Waals surface area contributed by atoms with E-state index < -0.39 is 24.0 Å². The van der Waals surface area contributed by atoms with Crippen LogP contribution >= 0.6 is 0 Å². The average Bonchev–Trinajstić information content (AvgIpc) is 2.67. The molecule has 0 aliphatic heterocycles. The van der Waals surface area contributed by atoms with Gasteiger partial charge in [0.15, 0.2) is 0 Å². The van der Waals surface area contributed by atoms with Crippen LogP contribution in [0.3, 0.4) is 0 Å². The van der Waals surface area contributed by atoms with Crippen LogP contribution in [0.4, 0.5) is 4.79 Å². The smallest absolute Gasteiger partial charge is 0.321 e. The number of rotatable bonds is 7. The van der Waals surface area contributed by atoms with Crippen LogP contribution in [-0.2, 0) is 20.7 Å². The van der Waals surface area contributed by atoms with Crippen molar-refractivity contribution in [1.82, 2.24) is 10.6 Å². The molecule has 0 bridgehead atoms. The Morgan fingerprint density at radius 1 is 1.00 bits per heavy atom. The first-order chi connectivity index (χ1) is 13.0. The molecule has 2 aromatic carbocycles. The van der Waals surface area contributed by atoms with Gasteiger partial charge in [0.25, 0.3) is 5.91 Å². The van der Waals surface area contributed by atoms with Crippen molar-refractivity contribution in [1.29, 1.82) is 0 Å². The fourth-order valence-corrected chi connectivity index (χ4v) is 2.46. The molecule has 2 rings (SSSR count). The first-order valence-electron chi connectivity index (χ1n) is 8.50. The fraction of sp³-hybridized carbons (Fsp3) is 0.250. The summed E-state index contributed by atoms with van der Waals surface area (Å²) in [5.74, 6) is -0.780. The lowest BCUT2D eigenvalue weighted by Crippen LogP contribution is -2.42. The Morgan fingerprint density at radius 2 is 1.67 bits per heavy atom. The molecule has 3 amide bonds. The van der Waals surface area contributed by atoms with Gasteiger partial charge >= 0.3 is 12.0 Å². The van der Waals surface area contributed by atoms with Crippen LogP contribution in [-0.4, -0.2) is 31.6 Å². The van der Waals surface area contributed by atoms with Crippen molar-refractivity contribution < 1.29 is 23.9 Å². The Balaban J connectivity index is 2.15. The van der Waals surface area contributed by atoms with Crippen molar-refractivity contribution in [3.63, 3.8) is 0 Å². The summed E-state index contributed by atoms with van der Waals surface area (Å²) in [6.45, 7) is 2.09. The molecule has 0 unspecified atom stereocenters. The second-order valence-corrected chi connectivity index (χ2v) is 5.62. The van der Waals surface area contributed by atoms with E-state index >= 15 is 0 Å². The lowest BCUT2D eigenvalue weighted by Gasteiger charge is -2.18. The van der Waals surface area contributed by atoms with Crippen LogP contribution in [0.2, 0.25) is 0 Å². The number of imide groups is 1. The van der Waals surface area contributed by atoms with Crippen LogP contribution in [0.1, 0.15) is 24.2 Å². The molecule has 0 radical (unpaired) electrons. The van der Waals surface area contributed by atoms with Crippen LogP contribution in [0.5, 0.6) is 5.75 Å². The van der Waals surface area contributed by atoms with E-state index in [4.69, 9.17) is 9.47 Å². The molecule has 27 heavy (non-hydrogen) atoms. The molecule has 0 saturated heterocycles. The quantitative estimate of drug-likeness (QED) is 0.730. The highest BCUT2D eigenvalue weighted by Gasteiger charge is 2.26. The molecule has 0 saturated carbocycles. The number of carbonyl (C=O) groups excluding carboxylic acids is 3. The van der Waals surface area contributed by atoms with Crippen molar-refractivity contribution >= 4 is 17.9 Å². The van der Waals surface area contributed by atoms with Crippen molar-refractivity contribution in [3.8, 4) is 5.75 Å². The minimum Gasteiger partial charge on any atom is -0.496 e. The summed E-state index contributed by atoms with van der Waals surface area (Å²) < 4.78 is 10.6. The predicted octanol–water partition coefficient (Wildman–Crippen LogP) is 2.37. The highest BCUT2D eigenvalue weighted by molar-refractivity contribution is 5.97. The number of benzene rings is 2. The topological polar surface area (TPSA) is 93.7 Å². The number of amides is 3. The molecule has 0 aromatic heterocycles. The fourth-order valence-electron chi connectivity index (χ4n) is 2.46. The summed E-state index contributed by atoms with van der Waals surface area (Å²) in [4.78, 5) is 36.5. The molecule has 142 valence electrons. The lowest BCUT2D eigenvalue weighted by molar-refractivity contribution is -0.155. The number of para-hydroxylation sites is 1. The van der Waals surface area contributed by atoms with E-state index in [1.165, 1.54) is 7.11 Å². The number of carbonyl (C=O) groups is 3. The first-order valence-corrected chi connectivity index (χ1v) is 8.50. The van der Waals surface area contributed by atoms with E-state index in [1.807, 2.05) is 0 Å². The highest BCUT2D eigenvalue weighted by Crippen LogP contribution is 2.22. The Bertz CT molecular complexity index is 792. The Labute approximate surface area is 157 Å². The van der Waals surface area contributed by atoms with E-state index in [2.05, 4.69) is 10.6 Å². The largest absolute Gasteiger partial charge is 0.496 e. The van der Waals surface area contributed by atoms with Gasteiger partial charge in [-0.15, -0.1) is 0 Å². The molecule has 0 fully saturated rings. The Morgan fingerprint density at radius 3 is 2.33 bits per heavy atom. The second kappa shape index (κ2) is 9.96. The molecule has 0 aliphatic carbocycles. The summed E-state index contributed by atoms with van der Waals surface area (Å²) in [6, 6.07) is 14.9. The third-order valence-electron chi connectivity index (χ3n) is 3.69. The van der Waals surface area contributed by atoms with Crippen molar-refractivity contribution in [2.75, 3.05) is 13.7 Å². The van der Waals surface area contributed by atoms with Gasteiger partial charge in [0.2, 0.25) is 6.10 Å². The van der Waals surface area contributed by atoms with E-state index in [0.717, 1.165) is 0 Å². The van der Waals surface area contributed by atoms with Crippen LogP contribution in [0.25, 0.3) is 0 Å². The molecule has 2 N–H and O–H groups in total. The minimum absolute atomic E-state index is 0.0677. The summed E-state index contributed by atoms with van der Waals surface area (Å²) in [7, 11) is 1.51. The third-order valence-corrected chi connectivity index (χ3v) is 3.69. The molecular weight excluding hydrogens is 348 g/mol. The minimum atomic E-state index is -1.24. The molecule has 0 heterocycles. The van der Waals surface area contributed by atoms with Gasteiger partial charge in [0, 0.05) is 17.7 Å². The maximum Gasteiger partial charge on any atom is 0.321 e. The number of ether oxygens (including phenoxy) is 2. The molecule has 7 nitrogen and oxygen atoms in total. The predicted molar refractivity (Wildman–Crippen MR) is 99.2 cm³/mol. The van der Waals surface area contributed by atoms with Gasteiger partial charge in [-0.2, -0.15) is 0 Å². The van der Waals surface area contributed by atoms with Gasteiger partial charge in [-0.3, -0.25) is 14.9 Å². The van der Waals surface area contributed by atoms with E-state index in [1.54, 1.807) is 61.5 Å². The number of urea groups is 1. The molecule has 1 atom stereocenters. The van der Waals surface area contributed by atoms with E-state index in [-0.39, 0.29) is 6.42 Å². The Hall–Kier alpha value is -3.35. The van der Waals surface area contributed by atoms with Gasteiger partial charge in [-0.25, -0.2) is 4.79 Å². The van der Waals surface area contributed by atoms with Crippen LogP contribution in [0, 0.1) is 0 Å². The summed E-state index contributed by atoms with van der Waals surface area (Å²) in [6.07, 6.45) is -1.31. The third kappa shape index (κ3) is 5.85. The molecule has 0 spiro atoms. The number of hydrogen-bond acceptors (Lipinski definition) is 5. The van der Waals surface area contributed by atoms with Gasteiger partial charge in [0.1, 0.15) is 5.75 Å². The van der Waals surface area contributed by atoms with Gasteiger partial charge in [0.05, 0.1) is 13.5 Å². The number of esters is 1. The van der Waals surface area contributed by atoms with Crippen molar-refractivity contribution in [2.45, 2.75) is 19.4 Å². The average molecular weight is 370 g/mol. The zero-order valence-corrected chi connectivity index (χ0v) is 15.2. The van der Waals surface area contributed by atoms with E-state index in [9.17, 15) is 14.4 Å². The molecule has 0 aliphatic rings. The summed E-state index contributed by atoms with van der Waals surface area (Å²) in [5, 5.41) is 4.64. The zero-order chi connectivity index (χ0) is 19.6. The lowest BCUT2D eigenvalue weighted by atomic mass is 10.1. The molecular formula is C20H22N2O5. The number of nitrogens with one attached hydrogen (secondary N) is 2. The van der Waals surface area contributed by atoms with Crippen molar-refractivity contribution in [3.05, 3.63) is 65.7 Å². The van der Waals surface area contributed by atoms with Gasteiger partial charge < -0.3 is 14.8 Å². The number of methoxy groups -OCH3 is 1. The SMILES string of the molecule is CCNC(=O)NC(=O)[C@@H](OC(=O)Cc1ccccc1OC)c1ccccc1. The standard InChI is InChI=1S/C20H22N2O5/c1-3-21-20(25)22-19(24)18(14-9-5-4-6-10-14)27-17(23)13-15-11-7-8-12-16(15)26-2/h4-12,18H,3,13H2,1-2H3,(H2,21,22,24,25)/t18-/m0/s1. The molecule has 2 aromatic rings. The maximum atomic E-state index is 12.5. The normalized spacial score (nSPS) is 11.2. The van der Waals surface area contributed by atoms with Crippen LogP contribution in [0.15, 0.2) is 54.6 Å². The number of hydrogen-bond donors (Lipinski definition) is 2. The Kier molecular flexibility index (Phi) is 7.37. The van der Waals surface area contributed by atoms with Gasteiger partial charge in [-0.05, 0) is 13.0 Å². The zero-order valence-electron chi connectivity index (χ0n) is 15.2. The van der Waals surface area contributed by atoms with E-state index in [0.29, 0.717) is 23.4 Å². The molecule has 7 heteroatoms. The summed E-state index contributed by atoms with van der Waals surface area (Å²) in [5.41, 5.74) is 1.11.